The van der Waals surface area contributed by atoms with Crippen LogP contribution in [0.2, 0.25) is 0 Å². The summed E-state index contributed by atoms with van der Waals surface area (Å²) in [5.74, 6) is 0.563. The first-order valence-corrected chi connectivity index (χ1v) is 8.43. The largest absolute Gasteiger partial charge is 0.127 e. The predicted octanol–water partition coefficient (Wildman–Crippen LogP) is 5.10. The second-order valence-electron chi connectivity index (χ2n) is 4.83. The molecule has 2 aliphatic rings. The maximum atomic E-state index is 6.71. The Morgan fingerprint density at radius 3 is 1.88 bits per heavy atom. The molecular weight excluding hydrogens is 368 g/mol. The van der Waals surface area contributed by atoms with Crippen molar-refractivity contribution in [1.29, 1.82) is 0 Å². The van der Waals surface area contributed by atoms with Crippen molar-refractivity contribution in [3.8, 4) is 0 Å². The number of alkyl halides is 7. The van der Waals surface area contributed by atoms with E-state index in [0.717, 1.165) is 6.42 Å². The van der Waals surface area contributed by atoms with E-state index in [1.165, 1.54) is 0 Å². The summed E-state index contributed by atoms with van der Waals surface area (Å²) in [6.45, 7) is 0. The van der Waals surface area contributed by atoms with Gasteiger partial charge in [-0.2, -0.15) is 0 Å². The van der Waals surface area contributed by atoms with Crippen LogP contribution in [-0.4, -0.2) is 32.2 Å². The molecule has 2 bridgehead atoms. The molecule has 0 radical (unpaired) electrons. The molecule has 2 rings (SSSR count). The first-order valence-electron chi connectivity index (χ1n) is 5.24. The Morgan fingerprint density at radius 2 is 1.47 bits per heavy atom. The predicted molar refractivity (Wildman–Crippen MR) is 78.8 cm³/mol. The summed E-state index contributed by atoms with van der Waals surface area (Å²) >= 11 is 43.8. The average molecular weight is 379 g/mol. The highest BCUT2D eigenvalue weighted by Gasteiger charge is 2.73. The molecule has 0 nitrogen and oxygen atoms in total. The monoisotopic (exact) mass is 376 g/mol. The van der Waals surface area contributed by atoms with Gasteiger partial charge in [0, 0.05) is 17.2 Å². The lowest BCUT2D eigenvalue weighted by atomic mass is 9.68. The van der Waals surface area contributed by atoms with Gasteiger partial charge < -0.3 is 0 Å². The van der Waals surface area contributed by atoms with E-state index in [9.17, 15) is 0 Å². The summed E-state index contributed by atoms with van der Waals surface area (Å²) in [4.78, 5) is -1.68. The Hall–Kier alpha value is 2.03. The molecule has 0 aromatic rings. The molecule has 0 spiro atoms. The molecule has 0 amide bonds. The number of rotatable bonds is 3. The summed E-state index contributed by atoms with van der Waals surface area (Å²) in [5, 5.41) is -0.420. The molecule has 0 aromatic carbocycles. The van der Waals surface area contributed by atoms with Gasteiger partial charge in [-0.05, 0) is 18.3 Å². The van der Waals surface area contributed by atoms with E-state index in [0.29, 0.717) is 0 Å². The molecule has 2 aliphatic carbocycles. The molecule has 0 N–H and O–H groups in total. The van der Waals surface area contributed by atoms with Gasteiger partial charge in [0.2, 0.25) is 0 Å². The quantitative estimate of drug-likeness (QED) is 0.599. The highest BCUT2D eigenvalue weighted by Crippen LogP contribution is 2.69. The minimum atomic E-state index is -0.901. The van der Waals surface area contributed by atoms with Crippen LogP contribution in [0.1, 0.15) is 6.42 Å². The van der Waals surface area contributed by atoms with Crippen LogP contribution in [0.5, 0.6) is 0 Å². The van der Waals surface area contributed by atoms with Gasteiger partial charge in [0.25, 0.3) is 0 Å². The van der Waals surface area contributed by atoms with E-state index in [-0.39, 0.29) is 34.3 Å². The van der Waals surface area contributed by atoms with E-state index < -0.39 is 15.1 Å². The van der Waals surface area contributed by atoms with Crippen molar-refractivity contribution in [2.24, 2.45) is 17.3 Å². The van der Waals surface area contributed by atoms with Gasteiger partial charge in [-0.15, -0.1) is 81.2 Å². The van der Waals surface area contributed by atoms with Gasteiger partial charge in [-0.25, -0.2) is 0 Å². The molecule has 5 unspecified atom stereocenters. The van der Waals surface area contributed by atoms with Crippen LogP contribution in [0.3, 0.4) is 0 Å². The fourth-order valence-electron chi connectivity index (χ4n) is 3.38. The van der Waals surface area contributed by atoms with Crippen molar-refractivity contribution in [2.75, 3.05) is 11.8 Å². The number of hydrogen-bond acceptors (Lipinski definition) is 0. The van der Waals surface area contributed by atoms with E-state index in [1.54, 1.807) is 0 Å². The van der Waals surface area contributed by atoms with Crippen LogP contribution >= 0.6 is 81.2 Å². The maximum absolute atomic E-state index is 6.71. The highest BCUT2D eigenvalue weighted by molar-refractivity contribution is 6.50. The summed E-state index contributed by atoms with van der Waals surface area (Å²) in [5.41, 5.74) is -0.561. The van der Waals surface area contributed by atoms with Crippen LogP contribution in [0.4, 0.5) is 0 Å². The Balaban J connectivity index is 2.50. The lowest BCUT2D eigenvalue weighted by molar-refractivity contribution is 0.171. The molecule has 0 heterocycles. The van der Waals surface area contributed by atoms with Crippen molar-refractivity contribution in [1.82, 2.24) is 0 Å². The average Bonchev–Trinajstić information content (AvgIpc) is 2.73. The molecule has 0 aliphatic heterocycles. The fraction of sp³-hybridized carbons (Fsp3) is 1.00. The van der Waals surface area contributed by atoms with E-state index in [2.05, 4.69) is 0 Å². The Bertz CT molecular complexity index is 289. The van der Waals surface area contributed by atoms with Crippen LogP contribution < -0.4 is 0 Å². The van der Waals surface area contributed by atoms with Gasteiger partial charge in [-0.1, -0.05) is 0 Å². The second-order valence-corrected chi connectivity index (χ2v) is 8.09. The van der Waals surface area contributed by atoms with Crippen molar-refractivity contribution in [3.63, 3.8) is 0 Å². The lowest BCUT2D eigenvalue weighted by Gasteiger charge is -2.51. The third-order valence-electron chi connectivity index (χ3n) is 4.39. The number of halogens is 7. The topological polar surface area (TPSA) is 0 Å². The number of hydrogen-bond donors (Lipinski definition) is 0. The highest BCUT2D eigenvalue weighted by atomic mass is 35.5. The third-order valence-corrected chi connectivity index (χ3v) is 8.41. The van der Waals surface area contributed by atoms with E-state index in [1.807, 2.05) is 0 Å². The second kappa shape index (κ2) is 5.10. The summed E-state index contributed by atoms with van der Waals surface area (Å²) in [7, 11) is 0. The zero-order chi connectivity index (χ0) is 13.0. The van der Waals surface area contributed by atoms with Crippen molar-refractivity contribution in [3.05, 3.63) is 0 Å². The Morgan fingerprint density at radius 1 is 1.00 bits per heavy atom. The van der Waals surface area contributed by atoms with Crippen LogP contribution in [-0.2, 0) is 0 Å². The zero-order valence-corrected chi connectivity index (χ0v) is 13.9. The van der Waals surface area contributed by atoms with Gasteiger partial charge in [0.1, 0.15) is 4.84 Å². The SMILES string of the molecule is ClCC1(CCl)C2CC(C(Cl)C2Cl)C1(Cl)C(Cl)Cl. The van der Waals surface area contributed by atoms with Crippen LogP contribution in [0.25, 0.3) is 0 Å². The summed E-state index contributed by atoms with van der Waals surface area (Å²) in [6.07, 6.45) is 0.779. The standard InChI is InChI=1S/C10H11Cl7/c11-2-9(3-12)4-1-5(7(14)6(4)13)10(9,17)8(15)16/h4-8H,1-3H2. The minimum Gasteiger partial charge on any atom is -0.126 e. The lowest BCUT2D eigenvalue weighted by Crippen LogP contribution is -2.60. The third kappa shape index (κ3) is 1.78. The van der Waals surface area contributed by atoms with Crippen molar-refractivity contribution >= 4 is 81.2 Å². The molecule has 0 saturated heterocycles. The summed E-state index contributed by atoms with van der Waals surface area (Å²) < 4.78 is 0. The van der Waals surface area contributed by atoms with Crippen LogP contribution in [0.15, 0.2) is 0 Å². The summed E-state index contributed by atoms with van der Waals surface area (Å²) in [6, 6.07) is 0. The molecule has 7 heteroatoms. The first-order chi connectivity index (χ1) is 7.86. The van der Waals surface area contributed by atoms with Gasteiger partial charge in [0.05, 0.1) is 15.6 Å². The zero-order valence-electron chi connectivity index (χ0n) is 8.65. The minimum absolute atomic E-state index is 0.0594. The Labute approximate surface area is 136 Å². The van der Waals surface area contributed by atoms with Gasteiger partial charge in [-0.3, -0.25) is 0 Å². The van der Waals surface area contributed by atoms with Gasteiger partial charge >= 0.3 is 0 Å². The van der Waals surface area contributed by atoms with Crippen molar-refractivity contribution in [2.45, 2.75) is 26.9 Å². The first kappa shape index (κ1) is 15.4. The molecule has 2 saturated carbocycles. The molecule has 5 atom stereocenters. The molecular formula is C10H11Cl7. The Kier molecular flexibility index (Phi) is 4.62. The maximum Gasteiger partial charge on any atom is 0.127 e. The van der Waals surface area contributed by atoms with Crippen molar-refractivity contribution < 1.29 is 0 Å². The number of fused-ring (bicyclic) bond motifs is 2. The fourth-order valence-corrected chi connectivity index (χ4v) is 6.96. The van der Waals surface area contributed by atoms with E-state index >= 15 is 0 Å². The van der Waals surface area contributed by atoms with E-state index in [4.69, 9.17) is 81.2 Å². The normalized spacial score (nSPS) is 48.0. The molecule has 2 fully saturated rings. The van der Waals surface area contributed by atoms with Gasteiger partial charge in [0.15, 0.2) is 0 Å². The smallest absolute Gasteiger partial charge is 0.126 e. The molecule has 0 aromatic heterocycles. The molecule has 17 heavy (non-hydrogen) atoms. The van der Waals surface area contributed by atoms with Crippen LogP contribution in [0, 0.1) is 17.3 Å². The molecule has 100 valence electrons.